The van der Waals surface area contributed by atoms with Gasteiger partial charge in [-0.15, -0.1) is 0 Å². The summed E-state index contributed by atoms with van der Waals surface area (Å²) in [5, 5.41) is 10.3. The third kappa shape index (κ3) is 2.21. The van der Waals surface area contributed by atoms with Gasteiger partial charge >= 0.3 is 0 Å². The van der Waals surface area contributed by atoms with Gasteiger partial charge in [0.15, 0.2) is 0 Å². The molecule has 23 heavy (non-hydrogen) atoms. The van der Waals surface area contributed by atoms with E-state index < -0.39 is 0 Å². The van der Waals surface area contributed by atoms with Crippen LogP contribution < -0.4 is 0 Å². The van der Waals surface area contributed by atoms with E-state index in [9.17, 15) is 5.11 Å². The van der Waals surface area contributed by atoms with Crippen LogP contribution in [0.4, 0.5) is 0 Å². The maximum absolute atomic E-state index is 10.3. The fourth-order valence-electron chi connectivity index (χ4n) is 8.14. The second-order valence-electron chi connectivity index (χ2n) is 10.1. The highest BCUT2D eigenvalue weighted by molar-refractivity contribution is 5.15. The van der Waals surface area contributed by atoms with Crippen molar-refractivity contribution in [2.24, 2.45) is 40.4 Å². The summed E-state index contributed by atoms with van der Waals surface area (Å²) in [6.07, 6.45) is 11.9. The third-order valence-corrected chi connectivity index (χ3v) is 9.18. The van der Waals surface area contributed by atoms with Crippen LogP contribution in [0, 0.1) is 40.4 Å². The number of allylic oxidation sites excluding steroid dienone is 1. The molecule has 4 rings (SSSR count). The normalized spacial score (nSPS) is 55.7. The van der Waals surface area contributed by atoms with Crippen molar-refractivity contribution in [2.45, 2.75) is 84.7 Å². The van der Waals surface area contributed by atoms with Crippen LogP contribution in [0.15, 0.2) is 12.2 Å². The standard InChI is InChI=1S/C22H36O/c1-14(2)18-9-10-19-17-8-6-15-5-7-16(23)13-22(15,4)20(17)11-12-21(18,19)3/h15-20,23H,1,5-13H2,2-4H3. The second-order valence-corrected chi connectivity index (χ2v) is 10.1. The van der Waals surface area contributed by atoms with E-state index in [-0.39, 0.29) is 6.10 Å². The van der Waals surface area contributed by atoms with Crippen molar-refractivity contribution in [2.75, 3.05) is 0 Å². The fourth-order valence-corrected chi connectivity index (χ4v) is 8.14. The summed E-state index contributed by atoms with van der Waals surface area (Å²) < 4.78 is 0. The van der Waals surface area contributed by atoms with Crippen LogP contribution in [0.3, 0.4) is 0 Å². The summed E-state index contributed by atoms with van der Waals surface area (Å²) in [5.41, 5.74) is 2.37. The average molecular weight is 317 g/mol. The van der Waals surface area contributed by atoms with Gasteiger partial charge in [-0.1, -0.05) is 26.0 Å². The summed E-state index contributed by atoms with van der Waals surface area (Å²) in [4.78, 5) is 0. The molecule has 0 aromatic rings. The van der Waals surface area contributed by atoms with Crippen LogP contribution in [0.25, 0.3) is 0 Å². The van der Waals surface area contributed by atoms with Crippen molar-refractivity contribution >= 4 is 0 Å². The minimum atomic E-state index is -0.0324. The Kier molecular flexibility index (Phi) is 3.76. The Labute approximate surface area is 142 Å². The highest BCUT2D eigenvalue weighted by atomic mass is 16.3. The van der Waals surface area contributed by atoms with E-state index in [0.29, 0.717) is 10.8 Å². The lowest BCUT2D eigenvalue weighted by Gasteiger charge is -2.61. The molecular formula is C22H36O. The van der Waals surface area contributed by atoms with Gasteiger partial charge in [0.05, 0.1) is 6.10 Å². The van der Waals surface area contributed by atoms with Crippen molar-refractivity contribution in [3.63, 3.8) is 0 Å². The molecule has 0 spiro atoms. The van der Waals surface area contributed by atoms with E-state index >= 15 is 0 Å². The summed E-state index contributed by atoms with van der Waals surface area (Å²) in [6.45, 7) is 11.7. The monoisotopic (exact) mass is 316 g/mol. The maximum atomic E-state index is 10.3. The SMILES string of the molecule is C=C(C)C1CCC2C3CCC4CCC(O)CC4(C)C3CCC12C. The summed E-state index contributed by atoms with van der Waals surface area (Å²) in [5.74, 6) is 4.35. The first kappa shape index (κ1) is 16.2. The Morgan fingerprint density at radius 3 is 2.35 bits per heavy atom. The molecule has 130 valence electrons. The van der Waals surface area contributed by atoms with E-state index in [0.717, 1.165) is 42.4 Å². The van der Waals surface area contributed by atoms with Crippen LogP contribution in [-0.4, -0.2) is 11.2 Å². The van der Waals surface area contributed by atoms with E-state index in [4.69, 9.17) is 0 Å². The zero-order valence-corrected chi connectivity index (χ0v) is 15.5. The van der Waals surface area contributed by atoms with Gasteiger partial charge in [-0.3, -0.25) is 0 Å². The average Bonchev–Trinajstić information content (AvgIpc) is 2.83. The Hall–Kier alpha value is -0.300. The lowest BCUT2D eigenvalue weighted by atomic mass is 9.44. The predicted molar refractivity (Wildman–Crippen MR) is 96.0 cm³/mol. The summed E-state index contributed by atoms with van der Waals surface area (Å²) in [6, 6.07) is 0. The topological polar surface area (TPSA) is 20.2 Å². The molecule has 0 amide bonds. The van der Waals surface area contributed by atoms with Crippen molar-refractivity contribution < 1.29 is 5.11 Å². The van der Waals surface area contributed by atoms with Gasteiger partial charge in [0.2, 0.25) is 0 Å². The molecule has 0 bridgehead atoms. The lowest BCUT2D eigenvalue weighted by molar-refractivity contribution is -0.128. The number of hydrogen-bond acceptors (Lipinski definition) is 1. The number of aliphatic hydroxyl groups excluding tert-OH is 1. The van der Waals surface area contributed by atoms with Crippen LogP contribution in [-0.2, 0) is 0 Å². The molecule has 4 aliphatic carbocycles. The molecule has 8 atom stereocenters. The first-order valence-electron chi connectivity index (χ1n) is 10.2. The molecule has 0 saturated heterocycles. The molecule has 4 saturated carbocycles. The Balaban J connectivity index is 1.63. The van der Waals surface area contributed by atoms with E-state index in [1.165, 1.54) is 50.5 Å². The predicted octanol–water partition coefficient (Wildman–Crippen LogP) is 5.58. The largest absolute Gasteiger partial charge is 0.393 e. The Morgan fingerprint density at radius 2 is 1.61 bits per heavy atom. The molecule has 1 heteroatoms. The van der Waals surface area contributed by atoms with Crippen molar-refractivity contribution in [3.05, 3.63) is 12.2 Å². The first-order chi connectivity index (χ1) is 10.9. The zero-order valence-electron chi connectivity index (χ0n) is 15.5. The molecule has 0 aliphatic heterocycles. The van der Waals surface area contributed by atoms with Gasteiger partial charge in [-0.2, -0.15) is 0 Å². The molecule has 8 unspecified atom stereocenters. The highest BCUT2D eigenvalue weighted by Crippen LogP contribution is 2.68. The van der Waals surface area contributed by atoms with Crippen molar-refractivity contribution in [1.29, 1.82) is 0 Å². The minimum absolute atomic E-state index is 0.0324. The molecule has 1 nitrogen and oxygen atoms in total. The lowest BCUT2D eigenvalue weighted by Crippen LogP contribution is -2.54. The molecule has 1 N–H and O–H groups in total. The maximum Gasteiger partial charge on any atom is 0.0545 e. The van der Waals surface area contributed by atoms with Gasteiger partial charge in [0, 0.05) is 0 Å². The molecule has 4 aliphatic rings. The van der Waals surface area contributed by atoms with Crippen LogP contribution in [0.5, 0.6) is 0 Å². The zero-order chi connectivity index (χ0) is 16.4. The molecule has 0 heterocycles. The number of fused-ring (bicyclic) bond motifs is 5. The first-order valence-corrected chi connectivity index (χ1v) is 10.2. The highest BCUT2D eigenvalue weighted by Gasteiger charge is 2.60. The van der Waals surface area contributed by atoms with Crippen molar-refractivity contribution in [1.82, 2.24) is 0 Å². The van der Waals surface area contributed by atoms with Crippen LogP contribution in [0.1, 0.15) is 78.6 Å². The van der Waals surface area contributed by atoms with E-state index in [1.54, 1.807) is 0 Å². The Bertz CT molecular complexity index is 496. The molecule has 4 fully saturated rings. The van der Waals surface area contributed by atoms with Crippen LogP contribution >= 0.6 is 0 Å². The summed E-state index contributed by atoms with van der Waals surface area (Å²) >= 11 is 0. The number of hydrogen-bond donors (Lipinski definition) is 1. The summed E-state index contributed by atoms with van der Waals surface area (Å²) in [7, 11) is 0. The van der Waals surface area contributed by atoms with E-state index in [1.807, 2.05) is 0 Å². The quantitative estimate of drug-likeness (QED) is 0.626. The number of rotatable bonds is 1. The second kappa shape index (κ2) is 5.35. The number of aliphatic hydroxyl groups is 1. The van der Waals surface area contributed by atoms with E-state index in [2.05, 4.69) is 27.4 Å². The molecule has 0 aromatic carbocycles. The molecule has 0 aromatic heterocycles. The Morgan fingerprint density at radius 1 is 0.913 bits per heavy atom. The molecular weight excluding hydrogens is 280 g/mol. The van der Waals surface area contributed by atoms with Gasteiger partial charge in [0.1, 0.15) is 0 Å². The smallest absolute Gasteiger partial charge is 0.0545 e. The van der Waals surface area contributed by atoms with Gasteiger partial charge in [-0.05, 0) is 105 Å². The fraction of sp³-hybridized carbons (Fsp3) is 0.909. The molecule has 0 radical (unpaired) electrons. The third-order valence-electron chi connectivity index (χ3n) is 9.18. The van der Waals surface area contributed by atoms with Gasteiger partial charge in [0.25, 0.3) is 0 Å². The van der Waals surface area contributed by atoms with Crippen LogP contribution in [0.2, 0.25) is 0 Å². The van der Waals surface area contributed by atoms with Gasteiger partial charge in [-0.25, -0.2) is 0 Å². The minimum Gasteiger partial charge on any atom is -0.393 e. The van der Waals surface area contributed by atoms with Crippen molar-refractivity contribution in [3.8, 4) is 0 Å². The van der Waals surface area contributed by atoms with Gasteiger partial charge < -0.3 is 5.11 Å².